The van der Waals surface area contributed by atoms with Gasteiger partial charge in [0.25, 0.3) is 10.0 Å². The molecule has 3 aromatic rings. The number of aromatic nitrogens is 1. The number of rotatable bonds is 4. The molecule has 0 spiro atoms. The summed E-state index contributed by atoms with van der Waals surface area (Å²) >= 11 is 0. The highest BCUT2D eigenvalue weighted by atomic mass is 35.5. The molecule has 2 aromatic carbocycles. The molecule has 1 fully saturated rings. The molecular formula is C20H25Cl2N3O2S. The van der Waals surface area contributed by atoms with Gasteiger partial charge in [-0.2, -0.15) is 0 Å². The Hall–Kier alpha value is -1.57. The van der Waals surface area contributed by atoms with Crippen molar-refractivity contribution in [2.75, 3.05) is 33.2 Å². The highest BCUT2D eigenvalue weighted by molar-refractivity contribution is 7.90. The van der Waals surface area contributed by atoms with Crippen LogP contribution < -0.4 is 0 Å². The summed E-state index contributed by atoms with van der Waals surface area (Å²) < 4.78 is 27.7. The Morgan fingerprint density at radius 3 is 2.14 bits per heavy atom. The van der Waals surface area contributed by atoms with E-state index in [0.717, 1.165) is 49.2 Å². The molecule has 0 saturated carbocycles. The number of halogens is 2. The molecule has 4 rings (SSSR count). The molecule has 0 aliphatic carbocycles. The standard InChI is InChI=1S/C20H23N3O2S.2ClH/c1-21-11-13-22(14-12-21)15-17-16-23(20-10-6-5-9-19(17)20)26(24,25)18-7-3-2-4-8-18;;/h2-10,16H,11-15H2,1H3;2*1H. The van der Waals surface area contributed by atoms with Crippen molar-refractivity contribution in [1.29, 1.82) is 0 Å². The second kappa shape index (κ2) is 9.29. The topological polar surface area (TPSA) is 45.5 Å². The third-order valence-electron chi connectivity index (χ3n) is 5.05. The lowest BCUT2D eigenvalue weighted by Gasteiger charge is -2.32. The van der Waals surface area contributed by atoms with E-state index >= 15 is 0 Å². The van der Waals surface area contributed by atoms with Crippen LogP contribution in [0, 0.1) is 0 Å². The number of fused-ring (bicyclic) bond motifs is 1. The minimum Gasteiger partial charge on any atom is -0.304 e. The van der Waals surface area contributed by atoms with E-state index < -0.39 is 10.0 Å². The van der Waals surface area contributed by atoms with Crippen molar-refractivity contribution < 1.29 is 8.42 Å². The summed E-state index contributed by atoms with van der Waals surface area (Å²) in [6, 6.07) is 16.4. The maximum absolute atomic E-state index is 13.1. The highest BCUT2D eigenvalue weighted by Gasteiger charge is 2.22. The maximum Gasteiger partial charge on any atom is 0.268 e. The first-order valence-corrected chi connectivity index (χ1v) is 10.3. The number of hydrogen-bond donors (Lipinski definition) is 0. The zero-order valence-corrected chi connectivity index (χ0v) is 18.1. The lowest BCUT2D eigenvalue weighted by Crippen LogP contribution is -2.43. The van der Waals surface area contributed by atoms with Crippen molar-refractivity contribution in [2.24, 2.45) is 0 Å². The average molecular weight is 442 g/mol. The molecular weight excluding hydrogens is 417 g/mol. The average Bonchev–Trinajstić information content (AvgIpc) is 3.04. The number of benzene rings is 2. The minimum atomic E-state index is -3.60. The largest absolute Gasteiger partial charge is 0.304 e. The predicted molar refractivity (Wildman–Crippen MR) is 118 cm³/mol. The van der Waals surface area contributed by atoms with Gasteiger partial charge in [-0.1, -0.05) is 36.4 Å². The molecule has 1 aliphatic heterocycles. The summed E-state index contributed by atoms with van der Waals surface area (Å²) in [5, 5.41) is 1.01. The molecule has 5 nitrogen and oxygen atoms in total. The van der Waals surface area contributed by atoms with E-state index in [2.05, 4.69) is 16.8 Å². The van der Waals surface area contributed by atoms with E-state index in [-0.39, 0.29) is 24.8 Å². The molecule has 8 heteroatoms. The van der Waals surface area contributed by atoms with Crippen molar-refractivity contribution in [3.05, 3.63) is 66.4 Å². The predicted octanol–water partition coefficient (Wildman–Crippen LogP) is 3.47. The fraction of sp³-hybridized carbons (Fsp3) is 0.300. The lowest BCUT2D eigenvalue weighted by atomic mass is 10.1. The number of para-hydroxylation sites is 1. The molecule has 0 atom stereocenters. The summed E-state index contributed by atoms with van der Waals surface area (Å²) in [5.41, 5.74) is 1.80. The minimum absolute atomic E-state index is 0. The van der Waals surface area contributed by atoms with Crippen LogP contribution in [0.3, 0.4) is 0 Å². The molecule has 152 valence electrons. The SMILES string of the molecule is CN1CCN(Cc2cn(S(=O)(=O)c3ccccc3)c3ccccc23)CC1.Cl.Cl. The maximum atomic E-state index is 13.1. The van der Waals surface area contributed by atoms with Gasteiger partial charge in [-0.05, 0) is 30.8 Å². The zero-order chi connectivity index (χ0) is 18.1. The van der Waals surface area contributed by atoms with Gasteiger partial charge in [0.05, 0.1) is 10.4 Å². The van der Waals surface area contributed by atoms with E-state index in [9.17, 15) is 8.42 Å². The third-order valence-corrected chi connectivity index (χ3v) is 6.74. The molecule has 1 aromatic heterocycles. The normalized spacial score (nSPS) is 15.8. The van der Waals surface area contributed by atoms with Gasteiger partial charge in [0.2, 0.25) is 0 Å². The summed E-state index contributed by atoms with van der Waals surface area (Å²) in [7, 11) is -1.47. The van der Waals surface area contributed by atoms with Crippen LogP contribution in [-0.4, -0.2) is 55.4 Å². The second-order valence-electron chi connectivity index (χ2n) is 6.86. The van der Waals surface area contributed by atoms with Crippen LogP contribution in [0.5, 0.6) is 0 Å². The van der Waals surface area contributed by atoms with Crippen molar-refractivity contribution in [3.8, 4) is 0 Å². The Bertz CT molecular complexity index is 1010. The fourth-order valence-corrected chi connectivity index (χ4v) is 4.91. The molecule has 0 bridgehead atoms. The molecule has 0 amide bonds. The molecule has 0 radical (unpaired) electrons. The highest BCUT2D eigenvalue weighted by Crippen LogP contribution is 2.27. The van der Waals surface area contributed by atoms with Crippen LogP contribution in [0.1, 0.15) is 5.56 Å². The zero-order valence-electron chi connectivity index (χ0n) is 15.7. The van der Waals surface area contributed by atoms with Crippen LogP contribution in [0.4, 0.5) is 0 Å². The van der Waals surface area contributed by atoms with E-state index in [4.69, 9.17) is 0 Å². The summed E-state index contributed by atoms with van der Waals surface area (Å²) in [5.74, 6) is 0. The first-order chi connectivity index (χ1) is 12.6. The fourth-order valence-electron chi connectivity index (χ4n) is 3.50. The smallest absolute Gasteiger partial charge is 0.268 e. The van der Waals surface area contributed by atoms with Crippen LogP contribution in [0.25, 0.3) is 10.9 Å². The molecule has 1 saturated heterocycles. The quantitative estimate of drug-likeness (QED) is 0.621. The Labute approximate surface area is 178 Å². The third kappa shape index (κ3) is 4.36. The van der Waals surface area contributed by atoms with E-state index in [1.807, 2.05) is 30.3 Å². The molecule has 2 heterocycles. The van der Waals surface area contributed by atoms with Gasteiger partial charge in [0.15, 0.2) is 0 Å². The van der Waals surface area contributed by atoms with Gasteiger partial charge in [-0.25, -0.2) is 12.4 Å². The van der Waals surface area contributed by atoms with Crippen LogP contribution in [-0.2, 0) is 16.6 Å². The van der Waals surface area contributed by atoms with Gasteiger partial charge in [-0.15, -0.1) is 24.8 Å². The Kier molecular flexibility index (Phi) is 7.53. The Balaban J connectivity index is 0.00000140. The first kappa shape index (κ1) is 22.7. The van der Waals surface area contributed by atoms with Crippen molar-refractivity contribution in [3.63, 3.8) is 0 Å². The van der Waals surface area contributed by atoms with Gasteiger partial charge < -0.3 is 4.90 Å². The van der Waals surface area contributed by atoms with Crippen molar-refractivity contribution >= 4 is 45.7 Å². The van der Waals surface area contributed by atoms with Gasteiger partial charge in [0.1, 0.15) is 0 Å². The monoisotopic (exact) mass is 441 g/mol. The van der Waals surface area contributed by atoms with Gasteiger partial charge in [0, 0.05) is 44.3 Å². The van der Waals surface area contributed by atoms with Crippen LogP contribution >= 0.6 is 24.8 Å². The second-order valence-corrected chi connectivity index (χ2v) is 8.68. The number of hydrogen-bond acceptors (Lipinski definition) is 4. The van der Waals surface area contributed by atoms with E-state index in [0.29, 0.717) is 4.90 Å². The summed E-state index contributed by atoms with van der Waals surface area (Å²) in [6.45, 7) is 4.86. The molecule has 0 N–H and O–H groups in total. The number of likely N-dealkylation sites (N-methyl/N-ethyl adjacent to an activating group) is 1. The molecule has 1 aliphatic rings. The van der Waals surface area contributed by atoms with Crippen molar-refractivity contribution in [1.82, 2.24) is 13.8 Å². The lowest BCUT2D eigenvalue weighted by molar-refractivity contribution is 0.148. The Morgan fingerprint density at radius 1 is 0.857 bits per heavy atom. The molecule has 0 unspecified atom stereocenters. The van der Waals surface area contributed by atoms with Gasteiger partial charge in [-0.3, -0.25) is 4.90 Å². The summed E-state index contributed by atoms with van der Waals surface area (Å²) in [6.07, 6.45) is 1.80. The van der Waals surface area contributed by atoms with Crippen molar-refractivity contribution in [2.45, 2.75) is 11.4 Å². The van der Waals surface area contributed by atoms with E-state index in [1.54, 1.807) is 30.5 Å². The first-order valence-electron chi connectivity index (χ1n) is 8.86. The Morgan fingerprint density at radius 2 is 1.46 bits per heavy atom. The summed E-state index contributed by atoms with van der Waals surface area (Å²) in [4.78, 5) is 5.02. The van der Waals surface area contributed by atoms with Crippen LogP contribution in [0.2, 0.25) is 0 Å². The van der Waals surface area contributed by atoms with Crippen LogP contribution in [0.15, 0.2) is 65.7 Å². The number of piperazine rings is 1. The van der Waals surface area contributed by atoms with Gasteiger partial charge >= 0.3 is 0 Å². The van der Waals surface area contributed by atoms with E-state index in [1.165, 1.54) is 3.97 Å². The molecule has 28 heavy (non-hydrogen) atoms. The number of nitrogens with zero attached hydrogens (tertiary/aromatic N) is 3.